The van der Waals surface area contributed by atoms with E-state index in [4.69, 9.17) is 4.74 Å². The highest BCUT2D eigenvalue weighted by molar-refractivity contribution is 5.99. The number of nitrogens with one attached hydrogen (secondary N) is 2. The van der Waals surface area contributed by atoms with Crippen LogP contribution in [0.4, 0.5) is 5.69 Å². The largest absolute Gasteiger partial charge is 0.387 e. The second-order valence-corrected chi connectivity index (χ2v) is 4.57. The van der Waals surface area contributed by atoms with Gasteiger partial charge in [-0.05, 0) is 30.9 Å². The number of hydrogen-bond acceptors (Lipinski definition) is 3. The molecule has 0 atom stereocenters. The molecular weight excluding hydrogens is 228 g/mol. The van der Waals surface area contributed by atoms with E-state index in [2.05, 4.69) is 10.6 Å². The Morgan fingerprint density at radius 1 is 1.39 bits per heavy atom. The van der Waals surface area contributed by atoms with E-state index >= 15 is 0 Å². The molecule has 0 aliphatic heterocycles. The molecule has 2 rings (SSSR count). The van der Waals surface area contributed by atoms with Crippen molar-refractivity contribution < 1.29 is 9.53 Å². The topological polar surface area (TPSA) is 50.4 Å². The fourth-order valence-electron chi connectivity index (χ4n) is 1.77. The highest BCUT2D eigenvalue weighted by Crippen LogP contribution is 2.28. The number of amides is 1. The molecule has 0 spiro atoms. The Balaban J connectivity index is 1.72. The van der Waals surface area contributed by atoms with Gasteiger partial charge in [0.15, 0.2) is 0 Å². The fourth-order valence-corrected chi connectivity index (χ4v) is 1.77. The van der Waals surface area contributed by atoms with Crippen LogP contribution in [0, 0.1) is 5.92 Å². The molecule has 1 saturated carbocycles. The van der Waals surface area contributed by atoms with Gasteiger partial charge in [-0.25, -0.2) is 0 Å². The molecule has 0 heterocycles. The average Bonchev–Trinajstić information content (AvgIpc) is 3.22. The molecule has 0 aromatic heterocycles. The van der Waals surface area contributed by atoms with E-state index in [-0.39, 0.29) is 5.91 Å². The molecule has 1 aromatic rings. The number of carbonyl (C=O) groups is 1. The van der Waals surface area contributed by atoms with E-state index in [1.807, 2.05) is 31.3 Å². The minimum Gasteiger partial charge on any atom is -0.387 e. The maximum atomic E-state index is 11.9. The first-order chi connectivity index (χ1) is 8.81. The highest BCUT2D eigenvalue weighted by atomic mass is 16.5. The van der Waals surface area contributed by atoms with Crippen molar-refractivity contribution in [2.75, 3.05) is 32.1 Å². The zero-order valence-corrected chi connectivity index (χ0v) is 10.7. The molecule has 0 unspecified atom stereocenters. The van der Waals surface area contributed by atoms with Gasteiger partial charge in [0.1, 0.15) is 0 Å². The Labute approximate surface area is 108 Å². The first-order valence-electron chi connectivity index (χ1n) is 6.44. The first-order valence-corrected chi connectivity index (χ1v) is 6.44. The van der Waals surface area contributed by atoms with E-state index < -0.39 is 0 Å². The van der Waals surface area contributed by atoms with E-state index in [0.29, 0.717) is 18.7 Å². The summed E-state index contributed by atoms with van der Waals surface area (Å²) in [4.78, 5) is 11.9. The fraction of sp³-hybridized carbons (Fsp3) is 0.500. The van der Waals surface area contributed by atoms with Gasteiger partial charge >= 0.3 is 0 Å². The van der Waals surface area contributed by atoms with Crippen LogP contribution in [0.5, 0.6) is 0 Å². The van der Waals surface area contributed by atoms with Crippen LogP contribution in [0.15, 0.2) is 24.3 Å². The third-order valence-electron chi connectivity index (χ3n) is 3.02. The number of ether oxygens (including phenoxy) is 1. The molecule has 1 fully saturated rings. The number of anilines is 1. The number of para-hydroxylation sites is 1. The predicted octanol–water partition coefficient (Wildman–Crippen LogP) is 1.88. The molecule has 18 heavy (non-hydrogen) atoms. The van der Waals surface area contributed by atoms with Crippen LogP contribution in [0.1, 0.15) is 23.2 Å². The molecule has 0 bridgehead atoms. The van der Waals surface area contributed by atoms with Crippen molar-refractivity contribution in [2.45, 2.75) is 12.8 Å². The summed E-state index contributed by atoms with van der Waals surface area (Å²) in [5.74, 6) is 0.709. The summed E-state index contributed by atoms with van der Waals surface area (Å²) in [5, 5.41) is 5.87. The molecule has 4 heteroatoms. The van der Waals surface area contributed by atoms with Crippen LogP contribution in [0.2, 0.25) is 0 Å². The van der Waals surface area contributed by atoms with E-state index in [1.54, 1.807) is 0 Å². The number of hydrogen-bond donors (Lipinski definition) is 2. The minimum absolute atomic E-state index is 0.0602. The summed E-state index contributed by atoms with van der Waals surface area (Å²) < 4.78 is 5.47. The van der Waals surface area contributed by atoms with Gasteiger partial charge in [-0.2, -0.15) is 0 Å². The molecule has 1 aliphatic carbocycles. The molecule has 1 amide bonds. The molecule has 0 saturated heterocycles. The highest BCUT2D eigenvalue weighted by Gasteiger charge is 2.20. The van der Waals surface area contributed by atoms with Gasteiger partial charge in [-0.15, -0.1) is 0 Å². The van der Waals surface area contributed by atoms with Crippen molar-refractivity contribution in [3.63, 3.8) is 0 Å². The van der Waals surface area contributed by atoms with Crippen molar-refractivity contribution in [2.24, 2.45) is 5.92 Å². The normalized spacial score (nSPS) is 14.3. The lowest BCUT2D eigenvalue weighted by molar-refractivity contribution is 0.0907. The summed E-state index contributed by atoms with van der Waals surface area (Å²) in [6.07, 6.45) is 2.59. The Morgan fingerprint density at radius 3 is 2.89 bits per heavy atom. The lowest BCUT2D eigenvalue weighted by Gasteiger charge is -2.09. The second kappa shape index (κ2) is 6.40. The van der Waals surface area contributed by atoms with Crippen LogP contribution in [-0.2, 0) is 4.74 Å². The van der Waals surface area contributed by atoms with Crippen LogP contribution in [0.25, 0.3) is 0 Å². The van der Waals surface area contributed by atoms with Gasteiger partial charge < -0.3 is 15.4 Å². The quantitative estimate of drug-likeness (QED) is 0.724. The molecule has 4 nitrogen and oxygen atoms in total. The molecule has 1 aliphatic rings. The third kappa shape index (κ3) is 3.74. The summed E-state index contributed by atoms with van der Waals surface area (Å²) in [7, 11) is 1.81. The van der Waals surface area contributed by atoms with Crippen LogP contribution in [0.3, 0.4) is 0 Å². The van der Waals surface area contributed by atoms with Gasteiger partial charge in [-0.3, -0.25) is 4.79 Å². The van der Waals surface area contributed by atoms with Gasteiger partial charge in [0.25, 0.3) is 5.91 Å². The zero-order valence-electron chi connectivity index (χ0n) is 10.7. The van der Waals surface area contributed by atoms with Crippen molar-refractivity contribution >= 4 is 11.6 Å². The van der Waals surface area contributed by atoms with E-state index in [0.717, 1.165) is 18.2 Å². The van der Waals surface area contributed by atoms with Crippen molar-refractivity contribution in [1.29, 1.82) is 0 Å². The second-order valence-electron chi connectivity index (χ2n) is 4.57. The number of benzene rings is 1. The lowest BCUT2D eigenvalue weighted by Crippen LogP contribution is -2.28. The Morgan fingerprint density at radius 2 is 2.17 bits per heavy atom. The Kier molecular flexibility index (Phi) is 4.59. The standard InChI is InChI=1S/C14H20N2O2/c1-15-13-5-3-2-4-12(13)14(17)16-8-9-18-10-11-6-7-11/h2-5,11,15H,6-10H2,1H3,(H,16,17). The van der Waals surface area contributed by atoms with E-state index in [1.165, 1.54) is 12.8 Å². The van der Waals surface area contributed by atoms with Crippen LogP contribution >= 0.6 is 0 Å². The number of carbonyl (C=O) groups excluding carboxylic acids is 1. The zero-order chi connectivity index (χ0) is 12.8. The van der Waals surface area contributed by atoms with Crippen molar-refractivity contribution in [3.05, 3.63) is 29.8 Å². The van der Waals surface area contributed by atoms with Gasteiger partial charge in [0.05, 0.1) is 12.2 Å². The maximum absolute atomic E-state index is 11.9. The minimum atomic E-state index is -0.0602. The van der Waals surface area contributed by atoms with Crippen molar-refractivity contribution in [3.8, 4) is 0 Å². The Hall–Kier alpha value is -1.55. The molecule has 98 valence electrons. The lowest BCUT2D eigenvalue weighted by atomic mass is 10.1. The maximum Gasteiger partial charge on any atom is 0.253 e. The molecule has 2 N–H and O–H groups in total. The van der Waals surface area contributed by atoms with E-state index in [9.17, 15) is 4.79 Å². The monoisotopic (exact) mass is 248 g/mol. The summed E-state index contributed by atoms with van der Waals surface area (Å²) in [6, 6.07) is 7.46. The van der Waals surface area contributed by atoms with Gasteiger partial charge in [0, 0.05) is 25.9 Å². The summed E-state index contributed by atoms with van der Waals surface area (Å²) >= 11 is 0. The number of rotatable bonds is 7. The van der Waals surface area contributed by atoms with Crippen LogP contribution < -0.4 is 10.6 Å². The van der Waals surface area contributed by atoms with Crippen LogP contribution in [-0.4, -0.2) is 32.7 Å². The molecular formula is C14H20N2O2. The smallest absolute Gasteiger partial charge is 0.253 e. The first kappa shape index (κ1) is 12.9. The SMILES string of the molecule is CNc1ccccc1C(=O)NCCOCC1CC1. The van der Waals surface area contributed by atoms with Gasteiger partial charge in [-0.1, -0.05) is 12.1 Å². The Bertz CT molecular complexity index is 403. The third-order valence-corrected chi connectivity index (χ3v) is 3.02. The summed E-state index contributed by atoms with van der Waals surface area (Å²) in [6.45, 7) is 1.98. The molecule has 0 radical (unpaired) electrons. The molecule has 1 aromatic carbocycles. The van der Waals surface area contributed by atoms with Crippen molar-refractivity contribution in [1.82, 2.24) is 5.32 Å². The predicted molar refractivity (Wildman–Crippen MR) is 71.9 cm³/mol. The van der Waals surface area contributed by atoms with Gasteiger partial charge in [0.2, 0.25) is 0 Å². The average molecular weight is 248 g/mol. The summed E-state index contributed by atoms with van der Waals surface area (Å²) in [5.41, 5.74) is 1.51.